The Balaban J connectivity index is 1.90. The number of aliphatic hydroxyl groups is 1. The zero-order chi connectivity index (χ0) is 16.8. The Morgan fingerprint density at radius 2 is 2.09 bits per heavy atom. The van der Waals surface area contributed by atoms with Crippen LogP contribution in [0.5, 0.6) is 0 Å². The van der Waals surface area contributed by atoms with Crippen LogP contribution in [0.1, 0.15) is 33.9 Å². The van der Waals surface area contributed by atoms with Gasteiger partial charge in [-0.05, 0) is 31.2 Å². The van der Waals surface area contributed by atoms with Gasteiger partial charge in [-0.1, -0.05) is 6.92 Å². The first-order chi connectivity index (χ1) is 11.0. The molecule has 0 saturated heterocycles. The van der Waals surface area contributed by atoms with Crippen molar-refractivity contribution < 1.29 is 9.90 Å². The van der Waals surface area contributed by atoms with Crippen molar-refractivity contribution >= 4 is 22.9 Å². The largest absolute Gasteiger partial charge is 0.395 e. The Morgan fingerprint density at radius 3 is 2.65 bits per heavy atom. The molecule has 1 aromatic heterocycles. The Labute approximate surface area is 141 Å². The van der Waals surface area contributed by atoms with E-state index in [2.05, 4.69) is 17.2 Å². The average Bonchev–Trinajstić information content (AvgIpc) is 2.99. The molecule has 124 valence electrons. The van der Waals surface area contributed by atoms with Crippen LogP contribution in [-0.4, -0.2) is 42.7 Å². The number of amides is 1. The number of carbonyl (C=O) groups excluding carboxylic acids is 1. The van der Waals surface area contributed by atoms with Gasteiger partial charge in [-0.25, -0.2) is 4.98 Å². The van der Waals surface area contributed by atoms with Crippen molar-refractivity contribution in [2.75, 3.05) is 31.6 Å². The highest BCUT2D eigenvalue weighted by atomic mass is 32.1. The van der Waals surface area contributed by atoms with E-state index in [4.69, 9.17) is 5.11 Å². The van der Waals surface area contributed by atoms with Gasteiger partial charge < -0.3 is 15.3 Å². The third-order valence-electron chi connectivity index (χ3n) is 3.63. The molecule has 0 aliphatic rings. The van der Waals surface area contributed by atoms with E-state index in [-0.39, 0.29) is 18.4 Å². The second kappa shape index (κ2) is 8.08. The summed E-state index contributed by atoms with van der Waals surface area (Å²) in [5.74, 6) is 0.120. The van der Waals surface area contributed by atoms with Crippen LogP contribution in [0.2, 0.25) is 0 Å². The first-order valence-electron chi connectivity index (χ1n) is 7.63. The summed E-state index contributed by atoms with van der Waals surface area (Å²) >= 11 is 1.63. The molecule has 0 radical (unpaired) electrons. The van der Waals surface area contributed by atoms with E-state index in [0.717, 1.165) is 16.4 Å². The fraction of sp³-hybridized carbons (Fsp3) is 0.412. The second-order valence-corrected chi connectivity index (χ2v) is 6.52. The molecule has 0 fully saturated rings. The molecule has 1 amide bonds. The minimum atomic E-state index is -0.0820. The summed E-state index contributed by atoms with van der Waals surface area (Å²) in [4.78, 5) is 18.6. The number of nitrogens with one attached hydrogen (secondary N) is 1. The van der Waals surface area contributed by atoms with E-state index in [1.165, 1.54) is 0 Å². The van der Waals surface area contributed by atoms with Crippen molar-refractivity contribution in [1.29, 1.82) is 0 Å². The van der Waals surface area contributed by atoms with Crippen molar-refractivity contribution in [3.8, 4) is 0 Å². The molecule has 2 aromatic rings. The lowest BCUT2D eigenvalue weighted by molar-refractivity contribution is 0.0951. The first-order valence-corrected chi connectivity index (χ1v) is 8.51. The topological polar surface area (TPSA) is 65.5 Å². The summed E-state index contributed by atoms with van der Waals surface area (Å²) < 4.78 is 0. The van der Waals surface area contributed by atoms with Crippen LogP contribution in [0.4, 0.5) is 5.69 Å². The van der Waals surface area contributed by atoms with Crippen LogP contribution in [0.25, 0.3) is 0 Å². The minimum absolute atomic E-state index is 0.0820. The summed E-state index contributed by atoms with van der Waals surface area (Å²) in [7, 11) is 1.91. The maximum atomic E-state index is 12.2. The number of likely N-dealkylation sites (N-methyl/N-ethyl adjacent to an activating group) is 1. The van der Waals surface area contributed by atoms with Crippen molar-refractivity contribution in [2.24, 2.45) is 0 Å². The Kier molecular flexibility index (Phi) is 6.12. The lowest BCUT2D eigenvalue weighted by Crippen LogP contribution is -2.27. The van der Waals surface area contributed by atoms with Gasteiger partial charge in [-0.3, -0.25) is 4.79 Å². The summed E-state index contributed by atoms with van der Waals surface area (Å²) in [5.41, 5.74) is 2.63. The molecule has 0 aliphatic carbocycles. The van der Waals surface area contributed by atoms with Crippen molar-refractivity contribution in [3.05, 3.63) is 45.9 Å². The molecular formula is C17H23N3O2S. The smallest absolute Gasteiger partial charge is 0.251 e. The zero-order valence-electron chi connectivity index (χ0n) is 13.7. The van der Waals surface area contributed by atoms with E-state index in [1.807, 2.05) is 36.4 Å². The van der Waals surface area contributed by atoms with Gasteiger partial charge in [0.15, 0.2) is 0 Å². The fourth-order valence-corrected chi connectivity index (χ4v) is 3.04. The molecule has 1 unspecified atom stereocenters. The van der Waals surface area contributed by atoms with Crippen LogP contribution in [0.3, 0.4) is 0 Å². The average molecular weight is 333 g/mol. The third kappa shape index (κ3) is 4.77. The van der Waals surface area contributed by atoms with Crippen LogP contribution in [-0.2, 0) is 0 Å². The van der Waals surface area contributed by atoms with Crippen molar-refractivity contribution in [3.63, 3.8) is 0 Å². The summed E-state index contributed by atoms with van der Waals surface area (Å²) in [6.07, 6.45) is 0. The number of aryl methyl sites for hydroxylation is 1. The summed E-state index contributed by atoms with van der Waals surface area (Å²) in [6.45, 7) is 5.27. The minimum Gasteiger partial charge on any atom is -0.395 e. The molecule has 0 aliphatic heterocycles. The van der Waals surface area contributed by atoms with E-state index in [9.17, 15) is 4.79 Å². The van der Waals surface area contributed by atoms with Gasteiger partial charge in [-0.2, -0.15) is 0 Å². The maximum absolute atomic E-state index is 12.2. The van der Waals surface area contributed by atoms with E-state index in [1.54, 1.807) is 23.5 Å². The highest BCUT2D eigenvalue weighted by Gasteiger charge is 2.12. The van der Waals surface area contributed by atoms with Crippen LogP contribution >= 0.6 is 11.3 Å². The second-order valence-electron chi connectivity index (χ2n) is 5.63. The molecule has 6 heteroatoms. The molecular weight excluding hydrogens is 310 g/mol. The van der Waals surface area contributed by atoms with Gasteiger partial charge in [0.05, 0.1) is 11.6 Å². The monoisotopic (exact) mass is 333 g/mol. The Hall–Kier alpha value is -1.92. The molecule has 1 heterocycles. The molecule has 0 bridgehead atoms. The van der Waals surface area contributed by atoms with Crippen LogP contribution < -0.4 is 10.2 Å². The van der Waals surface area contributed by atoms with Gasteiger partial charge in [0, 0.05) is 48.4 Å². The number of aromatic nitrogens is 1. The van der Waals surface area contributed by atoms with Gasteiger partial charge in [-0.15, -0.1) is 11.3 Å². The zero-order valence-corrected chi connectivity index (χ0v) is 14.6. The number of hydrogen-bond donors (Lipinski definition) is 2. The standard InChI is InChI=1S/C17H23N3O2S/c1-12(17-19-13(2)11-23-17)10-18-16(22)14-4-6-15(7-5-14)20(3)8-9-21/h4-7,11-12,21H,8-10H2,1-3H3,(H,18,22). The predicted molar refractivity (Wildman–Crippen MR) is 94.4 cm³/mol. The van der Waals surface area contributed by atoms with Gasteiger partial charge in [0.25, 0.3) is 5.91 Å². The summed E-state index contributed by atoms with van der Waals surface area (Å²) in [5, 5.41) is 15.0. The van der Waals surface area contributed by atoms with E-state index in [0.29, 0.717) is 18.7 Å². The molecule has 5 nitrogen and oxygen atoms in total. The number of benzene rings is 1. The normalized spacial score (nSPS) is 12.0. The number of nitrogens with zero attached hydrogens (tertiary/aromatic N) is 2. The maximum Gasteiger partial charge on any atom is 0.251 e. The molecule has 23 heavy (non-hydrogen) atoms. The van der Waals surface area contributed by atoms with Gasteiger partial charge >= 0.3 is 0 Å². The van der Waals surface area contributed by atoms with Crippen molar-refractivity contribution in [1.82, 2.24) is 10.3 Å². The number of rotatable bonds is 7. The van der Waals surface area contributed by atoms with E-state index >= 15 is 0 Å². The lowest BCUT2D eigenvalue weighted by Gasteiger charge is -2.18. The highest BCUT2D eigenvalue weighted by molar-refractivity contribution is 7.09. The number of anilines is 1. The Bertz CT molecular complexity index is 640. The number of hydrogen-bond acceptors (Lipinski definition) is 5. The highest BCUT2D eigenvalue weighted by Crippen LogP contribution is 2.19. The first kappa shape index (κ1) is 17.4. The molecule has 2 N–H and O–H groups in total. The third-order valence-corrected chi connectivity index (χ3v) is 4.83. The predicted octanol–water partition coefficient (Wildman–Crippen LogP) is 2.41. The molecule has 1 aromatic carbocycles. The van der Waals surface area contributed by atoms with E-state index < -0.39 is 0 Å². The van der Waals surface area contributed by atoms with Crippen LogP contribution in [0, 0.1) is 6.92 Å². The molecule has 0 spiro atoms. The molecule has 0 saturated carbocycles. The lowest BCUT2D eigenvalue weighted by atomic mass is 10.1. The van der Waals surface area contributed by atoms with Crippen molar-refractivity contribution in [2.45, 2.75) is 19.8 Å². The SMILES string of the molecule is Cc1csc(C(C)CNC(=O)c2ccc(N(C)CCO)cc2)n1. The fourth-order valence-electron chi connectivity index (χ4n) is 2.18. The quantitative estimate of drug-likeness (QED) is 0.817. The number of carbonyl (C=O) groups is 1. The molecule has 1 atom stereocenters. The Morgan fingerprint density at radius 1 is 1.39 bits per heavy atom. The molecule has 2 rings (SSSR count). The van der Waals surface area contributed by atoms with Gasteiger partial charge in [0.2, 0.25) is 0 Å². The van der Waals surface area contributed by atoms with Gasteiger partial charge in [0.1, 0.15) is 0 Å². The van der Waals surface area contributed by atoms with Crippen LogP contribution in [0.15, 0.2) is 29.6 Å². The number of aliphatic hydroxyl groups excluding tert-OH is 1. The summed E-state index contributed by atoms with van der Waals surface area (Å²) in [6, 6.07) is 7.38. The number of thiazole rings is 1.